The number of hydrogen-bond donors (Lipinski definition) is 2. The van der Waals surface area contributed by atoms with Gasteiger partial charge in [0.05, 0.1) is 17.4 Å². The van der Waals surface area contributed by atoms with Gasteiger partial charge in [-0.3, -0.25) is 0 Å². The topological polar surface area (TPSA) is 98.3 Å². The van der Waals surface area contributed by atoms with Crippen molar-refractivity contribution in [1.29, 1.82) is 0 Å². The summed E-state index contributed by atoms with van der Waals surface area (Å²) in [4.78, 5) is 10.7. The number of carboxylic acid groups (broad SMARTS) is 1. The summed E-state index contributed by atoms with van der Waals surface area (Å²) in [5, 5.41) is 13.7. The van der Waals surface area contributed by atoms with Crippen LogP contribution in [0.1, 0.15) is 11.1 Å². The minimum atomic E-state index is -3.62. The molecule has 132 valence electrons. The van der Waals surface area contributed by atoms with Gasteiger partial charge in [-0.1, -0.05) is 17.7 Å². The van der Waals surface area contributed by atoms with Crippen LogP contribution in [0.4, 0.5) is 5.69 Å². The Balaban J connectivity index is 0.00000243. The molecule has 0 radical (unpaired) electrons. The van der Waals surface area contributed by atoms with E-state index in [1.54, 1.807) is 6.07 Å². The second-order valence-electron chi connectivity index (χ2n) is 5.89. The molecule has 1 atom stereocenters. The van der Waals surface area contributed by atoms with E-state index in [1.807, 2.05) is 12.1 Å². The Hall–Kier alpha value is -1.09. The molecule has 0 spiro atoms. The van der Waals surface area contributed by atoms with E-state index in [4.69, 9.17) is 11.6 Å². The van der Waals surface area contributed by atoms with Crippen LogP contribution in [0, 0.1) is 0 Å². The number of carbonyl (C=O) groups is 1. The number of carboxylic acids is 1. The number of hydrogen-bond acceptors (Lipinski definition) is 5. The van der Waals surface area contributed by atoms with Crippen LogP contribution in [0.5, 0.6) is 0 Å². The maximum Gasteiger partial charge on any atom is 1.00 e. The zero-order valence-electron chi connectivity index (χ0n) is 14.2. The number of nitrogens with one attached hydrogen (secondary N) is 2. The molecule has 3 rings (SSSR count). The quantitative estimate of drug-likeness (QED) is 0.542. The van der Waals surface area contributed by atoms with Crippen molar-refractivity contribution >= 4 is 33.3 Å². The molecule has 2 aromatic carbocycles. The Kier molecular flexibility index (Phi) is 7.12. The maximum atomic E-state index is 12.5. The van der Waals surface area contributed by atoms with Crippen molar-refractivity contribution in [3.8, 4) is 0 Å². The Morgan fingerprint density at radius 2 is 1.77 bits per heavy atom. The molecule has 0 saturated heterocycles. The number of halogens is 1. The Morgan fingerprint density at radius 1 is 1.12 bits per heavy atom. The van der Waals surface area contributed by atoms with Crippen LogP contribution in [-0.2, 0) is 27.7 Å². The first-order valence-corrected chi connectivity index (χ1v) is 9.53. The normalized spacial score (nSPS) is 15.8. The van der Waals surface area contributed by atoms with E-state index < -0.39 is 16.0 Å². The first-order chi connectivity index (χ1) is 11.8. The van der Waals surface area contributed by atoms with E-state index in [1.165, 1.54) is 24.3 Å². The molecule has 1 unspecified atom stereocenters. The second kappa shape index (κ2) is 8.73. The Bertz CT molecular complexity index is 903. The number of carbonyl (C=O) groups excluding carboxylic acids is 1. The third-order valence-corrected chi connectivity index (χ3v) is 5.81. The molecular weight excluding hydrogens is 387 g/mol. The van der Waals surface area contributed by atoms with E-state index in [0.717, 1.165) is 11.1 Å². The van der Waals surface area contributed by atoms with Crippen LogP contribution in [0.25, 0.3) is 0 Å². The molecule has 1 aliphatic rings. The summed E-state index contributed by atoms with van der Waals surface area (Å²) < 4.78 is 27.6. The first-order valence-electron chi connectivity index (χ1n) is 7.67. The summed E-state index contributed by atoms with van der Waals surface area (Å²) in [7, 11) is -3.62. The average molecular weight is 403 g/mol. The van der Waals surface area contributed by atoms with Crippen molar-refractivity contribution in [3.63, 3.8) is 0 Å². The van der Waals surface area contributed by atoms with Gasteiger partial charge >= 0.3 is 29.6 Å². The number of fused-ring (bicyclic) bond motifs is 1. The predicted octanol–water partition coefficient (Wildman–Crippen LogP) is -2.05. The molecular formula is C17H16ClN2NaO4S. The van der Waals surface area contributed by atoms with Gasteiger partial charge in [0, 0.05) is 16.8 Å². The average Bonchev–Trinajstić information content (AvgIpc) is 2.93. The van der Waals surface area contributed by atoms with E-state index in [9.17, 15) is 18.3 Å². The third kappa shape index (κ3) is 5.22. The molecule has 0 bridgehead atoms. The molecule has 2 aromatic rings. The fourth-order valence-electron chi connectivity index (χ4n) is 2.89. The van der Waals surface area contributed by atoms with Crippen LogP contribution in [-0.4, -0.2) is 27.0 Å². The molecule has 0 amide bonds. The minimum absolute atomic E-state index is 0. The van der Waals surface area contributed by atoms with E-state index in [2.05, 4.69) is 10.0 Å². The van der Waals surface area contributed by atoms with Crippen LogP contribution < -0.4 is 44.7 Å². The minimum Gasteiger partial charge on any atom is -0.548 e. The van der Waals surface area contributed by atoms with Gasteiger partial charge in [0.25, 0.3) is 0 Å². The summed E-state index contributed by atoms with van der Waals surface area (Å²) in [6.45, 7) is -0.272. The molecule has 26 heavy (non-hydrogen) atoms. The Labute approximate surface area is 179 Å². The van der Waals surface area contributed by atoms with Crippen LogP contribution >= 0.6 is 11.6 Å². The SMILES string of the molecule is O=C([O-])CNc1ccc2c(c1)CC(NS(=O)(=O)c1ccc(Cl)cc1)C2.[Na+]. The largest absolute Gasteiger partial charge is 1.00 e. The van der Waals surface area contributed by atoms with Crippen LogP contribution in [0.2, 0.25) is 5.02 Å². The standard InChI is InChI=1S/C17H17ClN2O4S.Na/c18-13-2-5-16(6-3-13)25(23,24)20-15-7-11-1-4-14(8-12(11)9-15)19-10-17(21)22;/h1-6,8,15,19-20H,7,9-10H2,(H,21,22);/q;+1/p-1. The molecule has 0 fully saturated rings. The summed E-state index contributed by atoms with van der Waals surface area (Å²) >= 11 is 5.79. The summed E-state index contributed by atoms with van der Waals surface area (Å²) in [5.41, 5.74) is 2.71. The molecule has 0 saturated carbocycles. The Morgan fingerprint density at radius 3 is 2.42 bits per heavy atom. The first kappa shape index (κ1) is 21.2. The van der Waals surface area contributed by atoms with Crippen molar-refractivity contribution in [3.05, 3.63) is 58.6 Å². The zero-order valence-corrected chi connectivity index (χ0v) is 17.7. The number of rotatable bonds is 6. The molecule has 2 N–H and O–H groups in total. The maximum absolute atomic E-state index is 12.5. The van der Waals surface area contributed by atoms with Crippen molar-refractivity contribution in [1.82, 2.24) is 4.72 Å². The number of aliphatic carboxylic acids is 1. The van der Waals surface area contributed by atoms with Crippen molar-refractivity contribution in [2.45, 2.75) is 23.8 Å². The van der Waals surface area contributed by atoms with Gasteiger partial charge in [-0.05, 0) is 60.4 Å². The number of benzene rings is 2. The van der Waals surface area contributed by atoms with Crippen LogP contribution in [0.15, 0.2) is 47.4 Å². The molecule has 0 heterocycles. The second-order valence-corrected chi connectivity index (χ2v) is 8.04. The summed E-state index contributed by atoms with van der Waals surface area (Å²) in [6, 6.07) is 11.3. The van der Waals surface area contributed by atoms with E-state index in [0.29, 0.717) is 23.6 Å². The summed E-state index contributed by atoms with van der Waals surface area (Å²) in [5.74, 6) is -1.19. The van der Waals surface area contributed by atoms with Gasteiger partial charge in [0.2, 0.25) is 10.0 Å². The fraction of sp³-hybridized carbons (Fsp3) is 0.235. The van der Waals surface area contributed by atoms with Crippen molar-refractivity contribution in [2.24, 2.45) is 0 Å². The zero-order chi connectivity index (χ0) is 18.0. The fourth-order valence-corrected chi connectivity index (χ4v) is 4.25. The molecule has 0 aliphatic heterocycles. The summed E-state index contributed by atoms with van der Waals surface area (Å²) in [6.07, 6.45) is 1.13. The molecule has 9 heteroatoms. The smallest absolute Gasteiger partial charge is 0.548 e. The molecule has 6 nitrogen and oxygen atoms in total. The van der Waals surface area contributed by atoms with Gasteiger partial charge in [-0.2, -0.15) is 0 Å². The third-order valence-electron chi connectivity index (χ3n) is 4.02. The number of sulfonamides is 1. The van der Waals surface area contributed by atoms with Gasteiger partial charge in [-0.15, -0.1) is 0 Å². The predicted molar refractivity (Wildman–Crippen MR) is 92.9 cm³/mol. The van der Waals surface area contributed by atoms with E-state index in [-0.39, 0.29) is 47.0 Å². The monoisotopic (exact) mass is 402 g/mol. The number of anilines is 1. The van der Waals surface area contributed by atoms with Gasteiger partial charge in [0.15, 0.2) is 0 Å². The van der Waals surface area contributed by atoms with Gasteiger partial charge in [-0.25, -0.2) is 13.1 Å². The van der Waals surface area contributed by atoms with Crippen molar-refractivity contribution < 1.29 is 47.9 Å². The van der Waals surface area contributed by atoms with Crippen molar-refractivity contribution in [2.75, 3.05) is 11.9 Å². The molecule has 1 aliphatic carbocycles. The molecule has 0 aromatic heterocycles. The van der Waals surface area contributed by atoms with Gasteiger partial charge in [0.1, 0.15) is 0 Å². The van der Waals surface area contributed by atoms with E-state index >= 15 is 0 Å². The van der Waals surface area contributed by atoms with Gasteiger partial charge < -0.3 is 15.2 Å². The van der Waals surface area contributed by atoms with Crippen LogP contribution in [0.3, 0.4) is 0 Å².